The number of rotatable bonds is 3. The molecular formula is C21H30N4O3. The number of likely N-dealkylation sites (tertiary alicyclic amines) is 2. The molecule has 4 heterocycles. The number of piperidine rings is 2. The van der Waals surface area contributed by atoms with Gasteiger partial charge in [0.15, 0.2) is 0 Å². The second-order valence-corrected chi connectivity index (χ2v) is 8.26. The van der Waals surface area contributed by atoms with Crippen LogP contribution in [0.4, 0.5) is 10.6 Å². The largest absolute Gasteiger partial charge is 0.481 e. The van der Waals surface area contributed by atoms with E-state index in [0.29, 0.717) is 25.6 Å². The highest BCUT2D eigenvalue weighted by Gasteiger charge is 2.33. The number of aromatic nitrogens is 1. The van der Waals surface area contributed by atoms with E-state index >= 15 is 0 Å². The zero-order valence-corrected chi connectivity index (χ0v) is 16.4. The molecule has 28 heavy (non-hydrogen) atoms. The first kappa shape index (κ1) is 19.0. The molecule has 1 atom stereocenters. The lowest BCUT2D eigenvalue weighted by Gasteiger charge is -2.40. The first-order valence-electron chi connectivity index (χ1n) is 10.6. The SMILES string of the molecule is O=C(O)CC1CCCCN1C(=O)N1CCC(c2ccc3c(n2)NCCC3)CC1. The maximum absolute atomic E-state index is 13.0. The van der Waals surface area contributed by atoms with E-state index in [4.69, 9.17) is 10.1 Å². The van der Waals surface area contributed by atoms with E-state index in [9.17, 15) is 9.59 Å². The Bertz CT molecular complexity index is 730. The predicted molar refractivity (Wildman–Crippen MR) is 107 cm³/mol. The molecule has 0 saturated carbocycles. The molecule has 3 aliphatic rings. The molecule has 0 spiro atoms. The summed E-state index contributed by atoms with van der Waals surface area (Å²) in [4.78, 5) is 32.7. The standard InChI is InChI=1S/C21H30N4O3/c26-19(27)14-17-5-1-2-11-25(17)21(28)24-12-8-15(9-13-24)18-7-6-16-4-3-10-22-20(16)23-18/h6-7,15,17H,1-5,8-14H2,(H,22,23)(H,26,27). The molecule has 2 amide bonds. The van der Waals surface area contributed by atoms with Crippen molar-refractivity contribution in [3.8, 4) is 0 Å². The van der Waals surface area contributed by atoms with Gasteiger partial charge < -0.3 is 20.2 Å². The number of carboxylic acid groups (broad SMARTS) is 1. The molecule has 7 heteroatoms. The van der Waals surface area contributed by atoms with Crippen molar-refractivity contribution in [2.24, 2.45) is 0 Å². The Kier molecular flexibility index (Phi) is 5.69. The number of nitrogens with one attached hydrogen (secondary N) is 1. The van der Waals surface area contributed by atoms with Crippen molar-refractivity contribution in [1.82, 2.24) is 14.8 Å². The fourth-order valence-electron chi connectivity index (χ4n) is 4.79. The molecule has 0 aromatic carbocycles. The minimum absolute atomic E-state index is 0.0180. The van der Waals surface area contributed by atoms with Crippen LogP contribution in [0.25, 0.3) is 0 Å². The number of hydrogen-bond acceptors (Lipinski definition) is 4. The summed E-state index contributed by atoms with van der Waals surface area (Å²) in [7, 11) is 0. The molecule has 1 aromatic heterocycles. The Morgan fingerprint density at radius 2 is 1.93 bits per heavy atom. The second-order valence-electron chi connectivity index (χ2n) is 8.26. The fourth-order valence-corrected chi connectivity index (χ4v) is 4.79. The lowest BCUT2D eigenvalue weighted by atomic mass is 9.92. The van der Waals surface area contributed by atoms with E-state index in [1.165, 1.54) is 5.56 Å². The third kappa shape index (κ3) is 4.08. The summed E-state index contributed by atoms with van der Waals surface area (Å²) in [6, 6.07) is 4.21. The van der Waals surface area contributed by atoms with Gasteiger partial charge in [0, 0.05) is 43.8 Å². The minimum Gasteiger partial charge on any atom is -0.481 e. The zero-order valence-electron chi connectivity index (χ0n) is 16.4. The molecular weight excluding hydrogens is 356 g/mol. The zero-order chi connectivity index (χ0) is 19.5. The smallest absolute Gasteiger partial charge is 0.320 e. The summed E-state index contributed by atoms with van der Waals surface area (Å²) in [5.74, 6) is 0.594. The van der Waals surface area contributed by atoms with Gasteiger partial charge in [0.05, 0.1) is 6.42 Å². The highest BCUT2D eigenvalue weighted by Crippen LogP contribution is 2.31. The van der Waals surface area contributed by atoms with Gasteiger partial charge in [0.25, 0.3) is 0 Å². The quantitative estimate of drug-likeness (QED) is 0.834. The number of carbonyl (C=O) groups excluding carboxylic acids is 1. The minimum atomic E-state index is -0.824. The fraction of sp³-hybridized carbons (Fsp3) is 0.667. The Hall–Kier alpha value is -2.31. The highest BCUT2D eigenvalue weighted by molar-refractivity contribution is 5.76. The van der Waals surface area contributed by atoms with E-state index in [2.05, 4.69) is 17.4 Å². The number of carbonyl (C=O) groups is 2. The molecule has 7 nitrogen and oxygen atoms in total. The summed E-state index contributed by atoms with van der Waals surface area (Å²) in [6.45, 7) is 3.09. The molecule has 2 saturated heterocycles. The Morgan fingerprint density at radius 1 is 1.11 bits per heavy atom. The van der Waals surface area contributed by atoms with E-state index in [-0.39, 0.29) is 18.5 Å². The van der Waals surface area contributed by atoms with Crippen molar-refractivity contribution in [2.75, 3.05) is 31.5 Å². The van der Waals surface area contributed by atoms with Crippen LogP contribution in [0.5, 0.6) is 0 Å². The number of fused-ring (bicyclic) bond motifs is 1. The van der Waals surface area contributed by atoms with Gasteiger partial charge in [-0.1, -0.05) is 6.07 Å². The van der Waals surface area contributed by atoms with Crippen LogP contribution in [0.2, 0.25) is 0 Å². The van der Waals surface area contributed by atoms with Crippen molar-refractivity contribution in [2.45, 2.75) is 63.3 Å². The first-order valence-corrected chi connectivity index (χ1v) is 10.6. The van der Waals surface area contributed by atoms with Gasteiger partial charge in [-0.15, -0.1) is 0 Å². The summed E-state index contributed by atoms with van der Waals surface area (Å²) in [6.07, 6.45) is 6.88. The monoisotopic (exact) mass is 386 g/mol. The predicted octanol–water partition coefficient (Wildman–Crippen LogP) is 3.07. The van der Waals surface area contributed by atoms with Gasteiger partial charge in [0.1, 0.15) is 5.82 Å². The maximum Gasteiger partial charge on any atom is 0.320 e. The van der Waals surface area contributed by atoms with Gasteiger partial charge in [-0.05, 0) is 56.6 Å². The van der Waals surface area contributed by atoms with E-state index in [1.807, 2.05) is 4.90 Å². The average molecular weight is 386 g/mol. The number of aryl methyl sites for hydroxylation is 1. The molecule has 1 aromatic rings. The summed E-state index contributed by atoms with van der Waals surface area (Å²) in [5, 5.41) is 12.6. The van der Waals surface area contributed by atoms with Crippen LogP contribution in [0.1, 0.15) is 62.1 Å². The van der Waals surface area contributed by atoms with Crippen molar-refractivity contribution in [3.05, 3.63) is 23.4 Å². The van der Waals surface area contributed by atoms with Crippen molar-refractivity contribution in [3.63, 3.8) is 0 Å². The third-order valence-electron chi connectivity index (χ3n) is 6.38. The molecule has 0 aliphatic carbocycles. The number of hydrogen-bond donors (Lipinski definition) is 2. The number of nitrogens with zero attached hydrogens (tertiary/aromatic N) is 3. The number of pyridine rings is 1. The lowest BCUT2D eigenvalue weighted by molar-refractivity contribution is -0.138. The lowest BCUT2D eigenvalue weighted by Crippen LogP contribution is -2.52. The number of aliphatic carboxylic acids is 1. The van der Waals surface area contributed by atoms with Crippen LogP contribution in [-0.4, -0.2) is 64.1 Å². The normalized spacial score (nSPS) is 23.1. The highest BCUT2D eigenvalue weighted by atomic mass is 16.4. The van der Waals surface area contributed by atoms with Gasteiger partial charge in [-0.3, -0.25) is 4.79 Å². The second kappa shape index (κ2) is 8.37. The average Bonchev–Trinajstić information content (AvgIpc) is 2.73. The first-order chi connectivity index (χ1) is 13.6. The van der Waals surface area contributed by atoms with Crippen LogP contribution >= 0.6 is 0 Å². The molecule has 2 fully saturated rings. The topological polar surface area (TPSA) is 85.8 Å². The van der Waals surface area contributed by atoms with Gasteiger partial charge >= 0.3 is 12.0 Å². The summed E-state index contributed by atoms with van der Waals surface area (Å²) in [5.41, 5.74) is 2.43. The maximum atomic E-state index is 13.0. The van der Waals surface area contributed by atoms with Crippen LogP contribution < -0.4 is 5.32 Å². The Balaban J connectivity index is 1.37. The van der Waals surface area contributed by atoms with Gasteiger partial charge in [0.2, 0.25) is 0 Å². The van der Waals surface area contributed by atoms with Crippen molar-refractivity contribution in [1.29, 1.82) is 0 Å². The van der Waals surface area contributed by atoms with Crippen LogP contribution in [-0.2, 0) is 11.2 Å². The van der Waals surface area contributed by atoms with Crippen LogP contribution in [0.15, 0.2) is 12.1 Å². The number of anilines is 1. The van der Waals surface area contributed by atoms with E-state index in [0.717, 1.165) is 63.0 Å². The molecule has 1 unspecified atom stereocenters. The Labute approximate surface area is 166 Å². The van der Waals surface area contributed by atoms with Crippen molar-refractivity contribution < 1.29 is 14.7 Å². The molecule has 4 rings (SSSR count). The number of amides is 2. The van der Waals surface area contributed by atoms with E-state index in [1.54, 1.807) is 4.90 Å². The number of carboxylic acids is 1. The molecule has 152 valence electrons. The molecule has 2 N–H and O–H groups in total. The van der Waals surface area contributed by atoms with Crippen molar-refractivity contribution >= 4 is 17.8 Å². The molecule has 3 aliphatic heterocycles. The molecule has 0 radical (unpaired) electrons. The van der Waals surface area contributed by atoms with Crippen LogP contribution in [0, 0.1) is 0 Å². The summed E-state index contributed by atoms with van der Waals surface area (Å²) < 4.78 is 0. The van der Waals surface area contributed by atoms with E-state index < -0.39 is 5.97 Å². The summed E-state index contributed by atoms with van der Waals surface area (Å²) >= 11 is 0. The number of urea groups is 1. The van der Waals surface area contributed by atoms with Gasteiger partial charge in [-0.2, -0.15) is 0 Å². The van der Waals surface area contributed by atoms with Gasteiger partial charge in [-0.25, -0.2) is 9.78 Å². The molecule has 0 bridgehead atoms. The Morgan fingerprint density at radius 3 is 2.71 bits per heavy atom. The third-order valence-corrected chi connectivity index (χ3v) is 6.38. The van der Waals surface area contributed by atoms with Crippen LogP contribution in [0.3, 0.4) is 0 Å².